The lowest BCUT2D eigenvalue weighted by molar-refractivity contribution is -0.142. The van der Waals surface area contributed by atoms with Gasteiger partial charge in [-0.15, -0.1) is 0 Å². The van der Waals surface area contributed by atoms with Gasteiger partial charge >= 0.3 is 5.97 Å². The first kappa shape index (κ1) is 16.6. The van der Waals surface area contributed by atoms with Crippen molar-refractivity contribution in [2.45, 2.75) is 6.92 Å². The van der Waals surface area contributed by atoms with Crippen LogP contribution in [0.5, 0.6) is 0 Å². The molecule has 0 saturated heterocycles. The Morgan fingerprint density at radius 1 is 1.04 bits per heavy atom. The van der Waals surface area contributed by atoms with E-state index in [2.05, 4.69) is 10.8 Å². The monoisotopic (exact) mass is 330 g/mol. The molecule has 2 aromatic carbocycles. The minimum Gasteiger partial charge on any atom is -0.359 e. The number of carbonyl (C=O) groups is 2. The van der Waals surface area contributed by atoms with Crippen LogP contribution in [0.4, 0.5) is 5.69 Å². The third-order valence-electron chi connectivity index (χ3n) is 2.80. The average Bonchev–Trinajstić information content (AvgIpc) is 2.55. The molecule has 0 heterocycles. The van der Waals surface area contributed by atoms with Gasteiger partial charge in [0, 0.05) is 28.0 Å². The van der Waals surface area contributed by atoms with Crippen LogP contribution in [0.1, 0.15) is 17.3 Å². The van der Waals surface area contributed by atoms with Crippen molar-refractivity contribution in [3.63, 3.8) is 0 Å². The molecule has 0 saturated carbocycles. The fraction of sp³-hybridized carbons (Fsp3) is 0.0588. The third kappa shape index (κ3) is 5.48. The zero-order chi connectivity index (χ0) is 16.7. The van der Waals surface area contributed by atoms with Gasteiger partial charge in [-0.3, -0.25) is 4.79 Å². The summed E-state index contributed by atoms with van der Waals surface area (Å²) in [4.78, 5) is 28.1. The lowest BCUT2D eigenvalue weighted by Gasteiger charge is -2.07. The molecular formula is C17H15ClN2O3. The molecule has 23 heavy (non-hydrogen) atoms. The van der Waals surface area contributed by atoms with Crippen molar-refractivity contribution < 1.29 is 14.4 Å². The highest BCUT2D eigenvalue weighted by Crippen LogP contribution is 2.14. The summed E-state index contributed by atoms with van der Waals surface area (Å²) >= 11 is 5.80. The molecule has 0 aliphatic rings. The van der Waals surface area contributed by atoms with Gasteiger partial charge in [-0.1, -0.05) is 29.8 Å². The lowest BCUT2D eigenvalue weighted by atomic mass is 10.2. The molecule has 1 amide bonds. The molecule has 0 radical (unpaired) electrons. The number of carbonyl (C=O) groups excluding carboxylic acids is 2. The quantitative estimate of drug-likeness (QED) is 0.664. The van der Waals surface area contributed by atoms with E-state index >= 15 is 0 Å². The predicted molar refractivity (Wildman–Crippen MR) is 88.8 cm³/mol. The maximum absolute atomic E-state index is 11.7. The number of hydrogen-bond acceptors (Lipinski definition) is 4. The van der Waals surface area contributed by atoms with E-state index in [1.165, 1.54) is 6.08 Å². The van der Waals surface area contributed by atoms with Crippen LogP contribution in [0.2, 0.25) is 5.02 Å². The van der Waals surface area contributed by atoms with E-state index < -0.39 is 11.9 Å². The zero-order valence-corrected chi connectivity index (χ0v) is 13.1. The Hall–Kier alpha value is -2.79. The summed E-state index contributed by atoms with van der Waals surface area (Å²) in [5.74, 6) is -1.18. The summed E-state index contributed by atoms with van der Waals surface area (Å²) in [7, 11) is 0. The van der Waals surface area contributed by atoms with Crippen molar-refractivity contribution in [1.82, 2.24) is 5.48 Å². The Labute approximate surface area is 138 Å². The highest BCUT2D eigenvalue weighted by atomic mass is 35.5. The Kier molecular flexibility index (Phi) is 5.77. The first-order valence-corrected chi connectivity index (χ1v) is 7.19. The smallest absolute Gasteiger partial charge is 0.357 e. The normalized spacial score (nSPS) is 10.8. The molecule has 2 rings (SSSR count). The molecule has 2 aromatic rings. The Bertz CT molecular complexity index is 712. The Morgan fingerprint density at radius 2 is 1.70 bits per heavy atom. The van der Waals surface area contributed by atoms with E-state index in [-0.39, 0.29) is 0 Å². The predicted octanol–water partition coefficient (Wildman–Crippen LogP) is 3.54. The summed E-state index contributed by atoms with van der Waals surface area (Å²) < 4.78 is 0. The van der Waals surface area contributed by atoms with Crippen molar-refractivity contribution in [3.05, 3.63) is 77.0 Å². The molecule has 5 nitrogen and oxygen atoms in total. The first-order chi connectivity index (χ1) is 11.0. The average molecular weight is 331 g/mol. The van der Waals surface area contributed by atoms with Crippen molar-refractivity contribution in [3.8, 4) is 0 Å². The molecule has 0 unspecified atom stereocenters. The molecule has 0 bridgehead atoms. The van der Waals surface area contributed by atoms with Crippen molar-refractivity contribution in [2.24, 2.45) is 0 Å². The van der Waals surface area contributed by atoms with Gasteiger partial charge < -0.3 is 10.2 Å². The summed E-state index contributed by atoms with van der Waals surface area (Å²) in [5, 5.41) is 3.63. The van der Waals surface area contributed by atoms with E-state index in [1.807, 2.05) is 0 Å². The van der Waals surface area contributed by atoms with Crippen molar-refractivity contribution in [2.75, 3.05) is 5.32 Å². The first-order valence-electron chi connectivity index (χ1n) is 6.81. The number of allylic oxidation sites excluding steroid dienone is 1. The molecular weight excluding hydrogens is 316 g/mol. The van der Waals surface area contributed by atoms with E-state index in [1.54, 1.807) is 61.5 Å². The van der Waals surface area contributed by atoms with E-state index in [0.29, 0.717) is 16.3 Å². The second-order valence-corrected chi connectivity index (χ2v) is 5.11. The molecule has 6 heteroatoms. The molecule has 0 aromatic heterocycles. The summed E-state index contributed by atoms with van der Waals surface area (Å²) in [6.45, 7) is 1.70. The number of amides is 1. The van der Waals surface area contributed by atoms with Crippen LogP contribution in [0.15, 0.2) is 66.4 Å². The van der Waals surface area contributed by atoms with Crippen molar-refractivity contribution >= 4 is 29.2 Å². The molecule has 0 atom stereocenters. The highest BCUT2D eigenvalue weighted by molar-refractivity contribution is 6.30. The number of rotatable bonds is 4. The van der Waals surface area contributed by atoms with Gasteiger partial charge in [0.05, 0.1) is 0 Å². The van der Waals surface area contributed by atoms with Crippen LogP contribution < -0.4 is 10.8 Å². The van der Waals surface area contributed by atoms with Gasteiger partial charge in [0.1, 0.15) is 0 Å². The Balaban J connectivity index is 1.85. The highest BCUT2D eigenvalue weighted by Gasteiger charge is 2.07. The number of anilines is 1. The molecule has 0 spiro atoms. The molecule has 2 N–H and O–H groups in total. The Morgan fingerprint density at radius 3 is 2.35 bits per heavy atom. The minimum atomic E-state index is -0.687. The van der Waals surface area contributed by atoms with Crippen LogP contribution in [0.25, 0.3) is 0 Å². The fourth-order valence-corrected chi connectivity index (χ4v) is 1.87. The van der Waals surface area contributed by atoms with Crippen LogP contribution in [-0.4, -0.2) is 11.9 Å². The number of nitrogens with one attached hydrogen (secondary N) is 2. The second kappa shape index (κ2) is 8.00. The van der Waals surface area contributed by atoms with Gasteiger partial charge in [0.15, 0.2) is 0 Å². The fourth-order valence-electron chi connectivity index (χ4n) is 1.75. The molecule has 0 aliphatic carbocycles. The van der Waals surface area contributed by atoms with Crippen LogP contribution in [0.3, 0.4) is 0 Å². The summed E-state index contributed by atoms with van der Waals surface area (Å²) in [6, 6.07) is 15.5. The van der Waals surface area contributed by atoms with Crippen molar-refractivity contribution in [1.29, 1.82) is 0 Å². The second-order valence-electron chi connectivity index (χ2n) is 4.68. The molecule has 0 fully saturated rings. The number of benzene rings is 2. The minimum absolute atomic E-state index is 0.403. The maximum atomic E-state index is 11.7. The van der Waals surface area contributed by atoms with Crippen LogP contribution in [-0.2, 0) is 9.63 Å². The van der Waals surface area contributed by atoms with Gasteiger partial charge in [0.25, 0.3) is 5.91 Å². The zero-order valence-electron chi connectivity index (χ0n) is 12.4. The van der Waals surface area contributed by atoms with Crippen LogP contribution >= 0.6 is 11.6 Å². The van der Waals surface area contributed by atoms with Crippen LogP contribution in [0, 0.1) is 0 Å². The molecule has 0 aliphatic heterocycles. The third-order valence-corrected chi connectivity index (χ3v) is 3.05. The van der Waals surface area contributed by atoms with E-state index in [0.717, 1.165) is 5.69 Å². The topological polar surface area (TPSA) is 67.4 Å². The lowest BCUT2D eigenvalue weighted by Crippen LogP contribution is -2.26. The van der Waals surface area contributed by atoms with Gasteiger partial charge in [-0.25, -0.2) is 4.79 Å². The number of hydrogen-bond donors (Lipinski definition) is 2. The SMILES string of the molecule is CC(=CC(=O)ONC(=O)c1ccccc1)Nc1ccc(Cl)cc1. The standard InChI is InChI=1S/C17H15ClN2O3/c1-12(19-15-9-7-14(18)8-10-15)11-16(21)23-20-17(22)13-5-3-2-4-6-13/h2-11,19H,1H3,(H,20,22). The van der Waals surface area contributed by atoms with Gasteiger partial charge in [0.2, 0.25) is 0 Å². The van der Waals surface area contributed by atoms with Gasteiger partial charge in [-0.05, 0) is 43.3 Å². The maximum Gasteiger partial charge on any atom is 0.357 e. The molecule has 118 valence electrons. The number of hydroxylamine groups is 1. The number of halogens is 1. The largest absolute Gasteiger partial charge is 0.359 e. The van der Waals surface area contributed by atoms with E-state index in [9.17, 15) is 9.59 Å². The summed E-state index contributed by atoms with van der Waals surface area (Å²) in [6.07, 6.45) is 1.24. The van der Waals surface area contributed by atoms with Gasteiger partial charge in [-0.2, -0.15) is 5.48 Å². The van der Waals surface area contributed by atoms with E-state index in [4.69, 9.17) is 16.4 Å². The summed E-state index contributed by atoms with van der Waals surface area (Å²) in [5.41, 5.74) is 3.84.